The van der Waals surface area contributed by atoms with E-state index in [0.717, 1.165) is 0 Å². The van der Waals surface area contributed by atoms with Crippen molar-refractivity contribution >= 4 is 10.1 Å². The molecule has 0 saturated carbocycles. The van der Waals surface area contributed by atoms with Crippen molar-refractivity contribution in [3.63, 3.8) is 0 Å². The average molecular weight is 255 g/mol. The summed E-state index contributed by atoms with van der Waals surface area (Å²) in [6.07, 6.45) is 6.01. The molecule has 2 heterocycles. The van der Waals surface area contributed by atoms with Gasteiger partial charge in [-0.25, -0.2) is 13.4 Å². The van der Waals surface area contributed by atoms with Gasteiger partial charge in [0, 0.05) is 6.07 Å². The van der Waals surface area contributed by atoms with Crippen LogP contribution in [0.5, 0.6) is 0 Å². The molecule has 17 heavy (non-hydrogen) atoms. The lowest BCUT2D eigenvalue weighted by Crippen LogP contribution is -2.40. The molecule has 0 aromatic carbocycles. The summed E-state index contributed by atoms with van der Waals surface area (Å²) in [6.45, 7) is 0.0255. The van der Waals surface area contributed by atoms with Crippen LogP contribution < -0.4 is 4.68 Å². The monoisotopic (exact) mass is 255 g/mol. The second kappa shape index (κ2) is 4.60. The third-order valence-electron chi connectivity index (χ3n) is 2.02. The molecule has 0 aliphatic carbocycles. The fraction of sp³-hybridized carbons (Fsp3) is 0.222. The molecule has 2 aromatic rings. The van der Waals surface area contributed by atoms with E-state index in [1.807, 2.05) is 0 Å². The van der Waals surface area contributed by atoms with Crippen LogP contribution in [0.4, 0.5) is 0 Å². The van der Waals surface area contributed by atoms with Crippen molar-refractivity contribution in [2.75, 3.05) is 5.75 Å². The van der Waals surface area contributed by atoms with Gasteiger partial charge in [-0.15, -0.1) is 0 Å². The molecule has 0 atom stereocenters. The molecular formula is C9H9N3O4S. The van der Waals surface area contributed by atoms with Crippen molar-refractivity contribution in [3.05, 3.63) is 30.9 Å². The Balaban J connectivity index is 2.09. The first kappa shape index (κ1) is 11.7. The Morgan fingerprint density at radius 2 is 2.29 bits per heavy atom. The Kier molecular flexibility index (Phi) is 3.16. The highest BCUT2D eigenvalue weighted by molar-refractivity contribution is 7.85. The van der Waals surface area contributed by atoms with Crippen LogP contribution in [0.15, 0.2) is 35.3 Å². The van der Waals surface area contributed by atoms with E-state index in [9.17, 15) is 13.0 Å². The van der Waals surface area contributed by atoms with Gasteiger partial charge >= 0.3 is 0 Å². The minimum Gasteiger partial charge on any atom is -0.748 e. The molecule has 0 N–H and O–H groups in total. The zero-order valence-corrected chi connectivity index (χ0v) is 9.50. The Morgan fingerprint density at radius 3 is 2.82 bits per heavy atom. The number of hydrogen-bond acceptors (Lipinski definition) is 6. The van der Waals surface area contributed by atoms with E-state index in [1.165, 1.54) is 23.3 Å². The number of aryl methyl sites for hydroxylation is 1. The number of rotatable bonds is 4. The Morgan fingerprint density at radius 1 is 1.47 bits per heavy atom. The fourth-order valence-corrected chi connectivity index (χ4v) is 1.63. The zero-order valence-electron chi connectivity index (χ0n) is 8.68. The zero-order chi connectivity index (χ0) is 12.3. The van der Waals surface area contributed by atoms with Crippen molar-refractivity contribution < 1.29 is 22.1 Å². The SMILES string of the molecule is O=S(=O)([O-])CC[n+]1ccc(-c2ncco2)cn1. The maximum absolute atomic E-state index is 10.4. The number of hydrogen-bond donors (Lipinski definition) is 0. The van der Waals surface area contributed by atoms with Crippen LogP contribution >= 0.6 is 0 Å². The molecule has 2 rings (SSSR count). The second-order valence-corrected chi connectivity index (χ2v) is 4.80. The maximum atomic E-state index is 10.4. The molecule has 2 aromatic heterocycles. The first-order valence-electron chi connectivity index (χ1n) is 4.74. The van der Waals surface area contributed by atoms with Crippen molar-refractivity contribution in [1.82, 2.24) is 10.1 Å². The van der Waals surface area contributed by atoms with Gasteiger partial charge < -0.3 is 8.97 Å². The lowest BCUT2D eigenvalue weighted by atomic mass is 10.3. The van der Waals surface area contributed by atoms with E-state index in [1.54, 1.807) is 12.3 Å². The molecule has 0 amide bonds. The first-order valence-corrected chi connectivity index (χ1v) is 6.31. The van der Waals surface area contributed by atoms with Crippen molar-refractivity contribution in [3.8, 4) is 11.5 Å². The van der Waals surface area contributed by atoms with E-state index >= 15 is 0 Å². The molecule has 0 aliphatic rings. The summed E-state index contributed by atoms with van der Waals surface area (Å²) in [5, 5.41) is 3.95. The predicted octanol–water partition coefficient (Wildman–Crippen LogP) is -0.431. The van der Waals surface area contributed by atoms with Gasteiger partial charge in [0.05, 0.1) is 17.5 Å². The van der Waals surface area contributed by atoms with E-state index < -0.39 is 15.9 Å². The van der Waals surface area contributed by atoms with E-state index in [4.69, 9.17) is 4.42 Å². The minimum absolute atomic E-state index is 0.0255. The van der Waals surface area contributed by atoms with Gasteiger partial charge in [0.1, 0.15) is 22.6 Å². The van der Waals surface area contributed by atoms with E-state index in [0.29, 0.717) is 11.5 Å². The summed E-state index contributed by atoms with van der Waals surface area (Å²) >= 11 is 0. The van der Waals surface area contributed by atoms with Crippen LogP contribution in [0.2, 0.25) is 0 Å². The maximum Gasteiger partial charge on any atom is 0.227 e. The van der Waals surface area contributed by atoms with Crippen LogP contribution in [0.3, 0.4) is 0 Å². The number of nitrogens with zero attached hydrogens (tertiary/aromatic N) is 3. The topological polar surface area (TPSA) is 100 Å². The van der Waals surface area contributed by atoms with Crippen LogP contribution in [0.25, 0.3) is 11.5 Å². The van der Waals surface area contributed by atoms with Gasteiger partial charge in [-0.2, -0.15) is 0 Å². The standard InChI is InChI=1S/C9H9N3O4S/c13-17(14,15)6-4-12-3-1-8(7-11-12)9-10-2-5-16-9/h1-3,5,7H,4,6H2. The highest BCUT2D eigenvalue weighted by Crippen LogP contribution is 2.12. The normalized spacial score (nSPS) is 11.6. The van der Waals surface area contributed by atoms with Gasteiger partial charge in [0.15, 0.2) is 12.7 Å². The quantitative estimate of drug-likeness (QED) is 0.543. The van der Waals surface area contributed by atoms with Crippen LogP contribution in [0.1, 0.15) is 0 Å². The summed E-state index contributed by atoms with van der Waals surface area (Å²) in [7, 11) is -4.22. The molecule has 0 unspecified atom stereocenters. The molecule has 7 nitrogen and oxygen atoms in total. The summed E-state index contributed by atoms with van der Waals surface area (Å²) in [4.78, 5) is 3.94. The van der Waals surface area contributed by atoms with Gasteiger partial charge in [-0.1, -0.05) is 4.68 Å². The third kappa shape index (κ3) is 3.33. The van der Waals surface area contributed by atoms with Crippen LogP contribution in [-0.4, -0.2) is 28.8 Å². The number of aromatic nitrogens is 3. The summed E-state index contributed by atoms with van der Waals surface area (Å²) in [5.74, 6) is -0.0515. The first-order chi connectivity index (χ1) is 8.04. The Bertz CT molecular complexity index is 577. The van der Waals surface area contributed by atoms with Gasteiger partial charge in [0.2, 0.25) is 5.89 Å². The lowest BCUT2D eigenvalue weighted by molar-refractivity contribution is -0.750. The molecule has 0 bridgehead atoms. The molecule has 0 radical (unpaired) electrons. The summed E-state index contributed by atoms with van der Waals surface area (Å²) in [5.41, 5.74) is 0.677. The van der Waals surface area contributed by atoms with Crippen molar-refractivity contribution in [2.24, 2.45) is 0 Å². The second-order valence-electron chi connectivity index (χ2n) is 3.28. The molecular weight excluding hydrogens is 246 g/mol. The van der Waals surface area contributed by atoms with Crippen LogP contribution in [0, 0.1) is 0 Å². The Labute approximate surface area is 97.5 Å². The highest BCUT2D eigenvalue weighted by Gasteiger charge is 2.08. The van der Waals surface area contributed by atoms with Gasteiger partial charge in [-0.3, -0.25) is 0 Å². The lowest BCUT2D eigenvalue weighted by Gasteiger charge is -2.02. The average Bonchev–Trinajstić information content (AvgIpc) is 2.79. The molecule has 90 valence electrons. The fourth-order valence-electron chi connectivity index (χ4n) is 1.21. The van der Waals surface area contributed by atoms with Crippen molar-refractivity contribution in [1.29, 1.82) is 0 Å². The Hall–Kier alpha value is -1.80. The molecule has 8 heteroatoms. The largest absolute Gasteiger partial charge is 0.748 e. The number of oxazole rings is 1. The summed E-state index contributed by atoms with van der Waals surface area (Å²) < 4.78 is 37.7. The molecule has 0 saturated heterocycles. The highest BCUT2D eigenvalue weighted by atomic mass is 32.2. The van der Waals surface area contributed by atoms with Gasteiger partial charge in [0.25, 0.3) is 0 Å². The predicted molar refractivity (Wildman–Crippen MR) is 54.5 cm³/mol. The molecule has 0 aliphatic heterocycles. The minimum atomic E-state index is -4.22. The molecule has 0 spiro atoms. The van der Waals surface area contributed by atoms with Gasteiger partial charge in [-0.05, 0) is 5.10 Å². The third-order valence-corrected chi connectivity index (χ3v) is 2.70. The van der Waals surface area contributed by atoms with E-state index in [2.05, 4.69) is 10.1 Å². The van der Waals surface area contributed by atoms with Crippen molar-refractivity contribution in [2.45, 2.75) is 6.54 Å². The van der Waals surface area contributed by atoms with Crippen LogP contribution in [-0.2, 0) is 16.7 Å². The summed E-state index contributed by atoms with van der Waals surface area (Å²) in [6, 6.07) is 1.68. The molecule has 0 fully saturated rings. The van der Waals surface area contributed by atoms with E-state index in [-0.39, 0.29) is 6.54 Å². The smallest absolute Gasteiger partial charge is 0.227 e.